The summed E-state index contributed by atoms with van der Waals surface area (Å²) in [5.41, 5.74) is 0.705. The van der Waals surface area contributed by atoms with Crippen LogP contribution >= 0.6 is 15.9 Å². The Bertz CT molecular complexity index is 596. The number of rotatable bonds is 3. The van der Waals surface area contributed by atoms with E-state index in [9.17, 15) is 22.4 Å². The standard InChI is InChI=1S/C8H6F2O.C7H5BrF2/c9-4-6-1-7(5-11)3-8(10)2-6;8-6-1-5(4-9)2-7(10)3-6/h1-3,5H,4H2;1-3H,4H2. The van der Waals surface area contributed by atoms with Crippen molar-refractivity contribution in [3.05, 3.63) is 69.2 Å². The molecule has 0 spiro atoms. The Morgan fingerprint density at radius 1 is 0.857 bits per heavy atom. The molecule has 0 saturated heterocycles. The Kier molecular flexibility index (Phi) is 7.08. The average Bonchev–Trinajstić information content (AvgIpc) is 2.46. The van der Waals surface area contributed by atoms with Gasteiger partial charge in [-0.1, -0.05) is 15.9 Å². The van der Waals surface area contributed by atoms with Crippen LogP contribution in [0.2, 0.25) is 0 Å². The predicted octanol–water partition coefficient (Wildman–Crippen LogP) is 5.17. The van der Waals surface area contributed by atoms with Crippen molar-refractivity contribution in [3.63, 3.8) is 0 Å². The molecule has 2 aromatic rings. The Labute approximate surface area is 127 Å². The first-order valence-electron chi connectivity index (χ1n) is 5.80. The van der Waals surface area contributed by atoms with Crippen molar-refractivity contribution in [2.75, 3.05) is 0 Å². The minimum Gasteiger partial charge on any atom is -0.298 e. The summed E-state index contributed by atoms with van der Waals surface area (Å²) in [7, 11) is 0. The van der Waals surface area contributed by atoms with Gasteiger partial charge in [-0.05, 0) is 47.5 Å². The molecule has 0 aromatic heterocycles. The van der Waals surface area contributed by atoms with Crippen LogP contribution in [0, 0.1) is 11.6 Å². The molecule has 0 amide bonds. The normalized spacial score (nSPS) is 9.76. The van der Waals surface area contributed by atoms with Crippen LogP contribution in [0.3, 0.4) is 0 Å². The summed E-state index contributed by atoms with van der Waals surface area (Å²) in [5, 5.41) is 0. The van der Waals surface area contributed by atoms with E-state index >= 15 is 0 Å². The van der Waals surface area contributed by atoms with Gasteiger partial charge < -0.3 is 0 Å². The lowest BCUT2D eigenvalue weighted by Gasteiger charge is -1.95. The van der Waals surface area contributed by atoms with Gasteiger partial charge in [0.25, 0.3) is 0 Å². The van der Waals surface area contributed by atoms with Crippen molar-refractivity contribution in [1.29, 1.82) is 0 Å². The molecular weight excluding hydrogens is 352 g/mol. The van der Waals surface area contributed by atoms with Gasteiger partial charge >= 0.3 is 0 Å². The van der Waals surface area contributed by atoms with Crippen molar-refractivity contribution >= 4 is 22.2 Å². The topological polar surface area (TPSA) is 17.1 Å². The number of benzene rings is 2. The fourth-order valence-corrected chi connectivity index (χ4v) is 2.02. The predicted molar refractivity (Wildman–Crippen MR) is 75.5 cm³/mol. The van der Waals surface area contributed by atoms with Gasteiger partial charge in [0.15, 0.2) is 0 Å². The van der Waals surface area contributed by atoms with Crippen LogP contribution in [0.4, 0.5) is 17.6 Å². The van der Waals surface area contributed by atoms with E-state index in [4.69, 9.17) is 0 Å². The molecule has 0 aliphatic rings. The number of aldehydes is 1. The Balaban J connectivity index is 0.000000211. The number of carbonyl (C=O) groups excluding carboxylic acids is 1. The first kappa shape index (κ1) is 17.4. The zero-order valence-electron chi connectivity index (χ0n) is 10.8. The molecule has 0 saturated carbocycles. The van der Waals surface area contributed by atoms with Crippen LogP contribution in [0.15, 0.2) is 40.9 Å². The molecule has 6 heteroatoms. The van der Waals surface area contributed by atoms with E-state index in [1.54, 1.807) is 6.07 Å². The van der Waals surface area contributed by atoms with E-state index in [0.717, 1.165) is 12.1 Å². The molecule has 0 radical (unpaired) electrons. The fraction of sp³-hybridized carbons (Fsp3) is 0.133. The van der Waals surface area contributed by atoms with Gasteiger partial charge in [-0.25, -0.2) is 17.6 Å². The van der Waals surface area contributed by atoms with Gasteiger partial charge in [-0.3, -0.25) is 4.79 Å². The van der Waals surface area contributed by atoms with E-state index in [1.165, 1.54) is 18.2 Å². The molecule has 112 valence electrons. The van der Waals surface area contributed by atoms with Crippen LogP contribution in [-0.4, -0.2) is 6.29 Å². The highest BCUT2D eigenvalue weighted by molar-refractivity contribution is 9.10. The Morgan fingerprint density at radius 3 is 1.86 bits per heavy atom. The van der Waals surface area contributed by atoms with E-state index in [0.29, 0.717) is 16.3 Å². The number of carbonyl (C=O) groups is 1. The number of alkyl halides is 2. The minimum atomic E-state index is -0.751. The highest BCUT2D eigenvalue weighted by atomic mass is 79.9. The first-order chi connectivity index (χ1) is 9.98. The van der Waals surface area contributed by atoms with Crippen molar-refractivity contribution in [2.45, 2.75) is 13.3 Å². The zero-order valence-corrected chi connectivity index (χ0v) is 12.3. The summed E-state index contributed by atoms with van der Waals surface area (Å²) >= 11 is 3.05. The first-order valence-corrected chi connectivity index (χ1v) is 6.59. The molecule has 2 rings (SSSR count). The highest BCUT2D eigenvalue weighted by Crippen LogP contribution is 2.15. The second-order valence-corrected chi connectivity index (χ2v) is 4.97. The monoisotopic (exact) mass is 362 g/mol. The molecule has 0 heterocycles. The minimum absolute atomic E-state index is 0.164. The maximum absolute atomic E-state index is 12.5. The molecule has 0 N–H and O–H groups in total. The summed E-state index contributed by atoms with van der Waals surface area (Å²) in [5.74, 6) is -0.996. The Hall–Kier alpha value is -1.69. The summed E-state index contributed by atoms with van der Waals surface area (Å²) < 4.78 is 49.3. The van der Waals surface area contributed by atoms with Crippen LogP contribution < -0.4 is 0 Å². The van der Waals surface area contributed by atoms with Crippen LogP contribution in [-0.2, 0) is 13.3 Å². The summed E-state index contributed by atoms with van der Waals surface area (Å²) in [6.07, 6.45) is 0.488. The fourth-order valence-electron chi connectivity index (χ4n) is 1.51. The van der Waals surface area contributed by atoms with E-state index in [2.05, 4.69) is 15.9 Å². The van der Waals surface area contributed by atoms with Crippen molar-refractivity contribution in [3.8, 4) is 0 Å². The number of halogens is 5. The van der Waals surface area contributed by atoms with Gasteiger partial charge in [-0.15, -0.1) is 0 Å². The average molecular weight is 363 g/mol. The molecule has 0 aliphatic heterocycles. The SMILES string of the molecule is FCc1cc(F)cc(Br)c1.O=Cc1cc(F)cc(CF)c1. The second kappa shape index (κ2) is 8.56. The van der Waals surface area contributed by atoms with Crippen molar-refractivity contribution in [2.24, 2.45) is 0 Å². The summed E-state index contributed by atoms with van der Waals surface area (Å²) in [6, 6.07) is 7.45. The Morgan fingerprint density at radius 2 is 1.38 bits per heavy atom. The zero-order chi connectivity index (χ0) is 15.8. The smallest absolute Gasteiger partial charge is 0.150 e. The van der Waals surface area contributed by atoms with Gasteiger partial charge in [0.05, 0.1) is 0 Å². The van der Waals surface area contributed by atoms with Gasteiger partial charge in [0.1, 0.15) is 31.3 Å². The summed E-state index contributed by atoms with van der Waals surface area (Å²) in [4.78, 5) is 10.1. The largest absolute Gasteiger partial charge is 0.298 e. The third kappa shape index (κ3) is 6.08. The maximum atomic E-state index is 12.5. The van der Waals surface area contributed by atoms with E-state index in [1.807, 2.05) is 0 Å². The van der Waals surface area contributed by atoms with Crippen molar-refractivity contribution < 1.29 is 22.4 Å². The molecule has 0 bridgehead atoms. The van der Waals surface area contributed by atoms with E-state index < -0.39 is 25.0 Å². The second-order valence-electron chi connectivity index (χ2n) is 4.06. The highest BCUT2D eigenvalue weighted by Gasteiger charge is 1.98. The molecule has 1 nitrogen and oxygen atoms in total. The maximum Gasteiger partial charge on any atom is 0.150 e. The molecule has 0 atom stereocenters. The third-order valence-corrected chi connectivity index (χ3v) is 2.80. The van der Waals surface area contributed by atoms with Crippen LogP contribution in [0.1, 0.15) is 21.5 Å². The van der Waals surface area contributed by atoms with Crippen LogP contribution in [0.25, 0.3) is 0 Å². The quantitative estimate of drug-likeness (QED) is 0.544. The van der Waals surface area contributed by atoms with Gasteiger partial charge in [0.2, 0.25) is 0 Å². The van der Waals surface area contributed by atoms with E-state index in [-0.39, 0.29) is 11.1 Å². The molecule has 0 fully saturated rings. The lowest BCUT2D eigenvalue weighted by Crippen LogP contribution is -1.87. The lowest BCUT2D eigenvalue weighted by atomic mass is 10.1. The van der Waals surface area contributed by atoms with Gasteiger partial charge in [0, 0.05) is 10.0 Å². The lowest BCUT2D eigenvalue weighted by molar-refractivity contribution is 0.112. The molecule has 0 unspecified atom stereocenters. The third-order valence-electron chi connectivity index (χ3n) is 2.35. The van der Waals surface area contributed by atoms with Crippen molar-refractivity contribution in [1.82, 2.24) is 0 Å². The molecular formula is C15H11BrF4O. The number of hydrogen-bond acceptors (Lipinski definition) is 1. The van der Waals surface area contributed by atoms with Gasteiger partial charge in [-0.2, -0.15) is 0 Å². The van der Waals surface area contributed by atoms with Crippen LogP contribution in [0.5, 0.6) is 0 Å². The number of hydrogen-bond donors (Lipinski definition) is 0. The molecule has 0 aliphatic carbocycles. The molecule has 2 aromatic carbocycles. The molecule has 21 heavy (non-hydrogen) atoms. The summed E-state index contributed by atoms with van der Waals surface area (Å²) in [6.45, 7) is -1.38.